The van der Waals surface area contributed by atoms with Crippen LogP contribution in [0.25, 0.3) is 0 Å². The maximum Gasteiger partial charge on any atom is 0.309 e. The molecule has 2 fully saturated rings. The molecule has 0 bridgehead atoms. The Morgan fingerprint density at radius 2 is 0.905 bits per heavy atom. The van der Waals surface area contributed by atoms with E-state index in [9.17, 15) is 9.59 Å². The maximum absolute atomic E-state index is 9.68. The van der Waals surface area contributed by atoms with E-state index in [1.807, 2.05) is 13.8 Å². The molecule has 2 heterocycles. The smallest absolute Gasteiger partial charge is 0.309 e. The average Bonchev–Trinajstić information content (AvgIpc) is 2.36. The number of aryl methyl sites for hydroxylation is 3. The molecule has 3 rings (SSSR count). The van der Waals surface area contributed by atoms with Crippen molar-refractivity contribution in [3.8, 4) is 0 Å². The molecular weight excluding hydrogens is 268 g/mol. The highest BCUT2D eigenvalue weighted by molar-refractivity contribution is 5.74. The van der Waals surface area contributed by atoms with Crippen LogP contribution in [0, 0.1) is 20.8 Å². The molecule has 0 aromatic heterocycles. The van der Waals surface area contributed by atoms with Gasteiger partial charge in [0.25, 0.3) is 0 Å². The summed E-state index contributed by atoms with van der Waals surface area (Å²) >= 11 is 0. The summed E-state index contributed by atoms with van der Waals surface area (Å²) < 4.78 is 8.58. The van der Waals surface area contributed by atoms with Crippen LogP contribution in [0.15, 0.2) is 18.2 Å². The van der Waals surface area contributed by atoms with Gasteiger partial charge in [-0.15, -0.1) is 0 Å². The van der Waals surface area contributed by atoms with Crippen molar-refractivity contribution in [3.05, 3.63) is 34.9 Å². The van der Waals surface area contributed by atoms with Crippen molar-refractivity contribution in [2.75, 3.05) is 13.2 Å². The minimum atomic E-state index is -0.0648. The topological polar surface area (TPSA) is 52.6 Å². The maximum atomic E-state index is 9.68. The first kappa shape index (κ1) is 19.2. The minimum Gasteiger partial charge on any atom is -0.465 e. The van der Waals surface area contributed by atoms with Crippen LogP contribution in [0.3, 0.4) is 0 Å². The lowest BCUT2D eigenvalue weighted by Gasteiger charge is -2.09. The number of benzene rings is 1. The van der Waals surface area contributed by atoms with Gasteiger partial charge in [0.15, 0.2) is 0 Å². The van der Waals surface area contributed by atoms with E-state index in [0.717, 1.165) is 0 Å². The molecule has 1 aromatic rings. The van der Waals surface area contributed by atoms with Crippen molar-refractivity contribution in [1.82, 2.24) is 0 Å². The van der Waals surface area contributed by atoms with Gasteiger partial charge in [0, 0.05) is 0 Å². The quantitative estimate of drug-likeness (QED) is 0.687. The summed E-state index contributed by atoms with van der Waals surface area (Å²) in [5, 5.41) is 0. The SMILES string of the molecule is CC.Cc1cc(C)cc(C)c1.O=C1CCO1.O=C1CCO1. The van der Waals surface area contributed by atoms with Crippen molar-refractivity contribution >= 4 is 11.9 Å². The summed E-state index contributed by atoms with van der Waals surface area (Å²) in [6.07, 6.45) is 1.25. The highest BCUT2D eigenvalue weighted by atomic mass is 16.6. The van der Waals surface area contributed by atoms with E-state index in [0.29, 0.717) is 26.1 Å². The molecule has 0 atom stereocenters. The van der Waals surface area contributed by atoms with Crippen molar-refractivity contribution in [2.45, 2.75) is 47.5 Å². The predicted octanol–water partition coefficient (Wildman–Crippen LogP) is 3.50. The van der Waals surface area contributed by atoms with Gasteiger partial charge >= 0.3 is 11.9 Å². The number of carbonyl (C=O) groups is 2. The third-order valence-electron chi connectivity index (χ3n) is 2.50. The van der Waals surface area contributed by atoms with Gasteiger partial charge in [-0.2, -0.15) is 0 Å². The lowest BCUT2D eigenvalue weighted by Crippen LogP contribution is -2.18. The molecule has 0 radical (unpaired) electrons. The van der Waals surface area contributed by atoms with Gasteiger partial charge in [0.05, 0.1) is 12.8 Å². The summed E-state index contributed by atoms with van der Waals surface area (Å²) in [6, 6.07) is 6.56. The zero-order valence-electron chi connectivity index (χ0n) is 13.7. The third-order valence-corrected chi connectivity index (χ3v) is 2.50. The molecule has 0 N–H and O–H groups in total. The molecule has 0 spiro atoms. The molecule has 0 aliphatic carbocycles. The molecule has 4 heteroatoms. The molecule has 2 saturated heterocycles. The highest BCUT2D eigenvalue weighted by Gasteiger charge is 2.11. The number of ether oxygens (including phenoxy) is 2. The summed E-state index contributed by atoms with van der Waals surface area (Å²) in [7, 11) is 0. The number of rotatable bonds is 0. The van der Waals surface area contributed by atoms with Crippen LogP contribution in [0.1, 0.15) is 43.4 Å². The van der Waals surface area contributed by atoms with Crippen LogP contribution in [0.2, 0.25) is 0 Å². The highest BCUT2D eigenvalue weighted by Crippen LogP contribution is 2.06. The van der Waals surface area contributed by atoms with Crippen LogP contribution >= 0.6 is 0 Å². The summed E-state index contributed by atoms with van der Waals surface area (Å²) in [6.45, 7) is 11.7. The van der Waals surface area contributed by atoms with E-state index in [4.69, 9.17) is 0 Å². The molecule has 21 heavy (non-hydrogen) atoms. The van der Waals surface area contributed by atoms with Gasteiger partial charge in [0.2, 0.25) is 0 Å². The number of carbonyl (C=O) groups excluding carboxylic acids is 2. The zero-order valence-corrected chi connectivity index (χ0v) is 13.7. The Morgan fingerprint density at radius 1 is 0.714 bits per heavy atom. The van der Waals surface area contributed by atoms with E-state index in [1.54, 1.807) is 0 Å². The first-order valence-electron chi connectivity index (χ1n) is 7.33. The normalized spacial score (nSPS) is 14.1. The van der Waals surface area contributed by atoms with E-state index in [2.05, 4.69) is 48.4 Å². The second-order valence-corrected chi connectivity index (χ2v) is 4.61. The molecule has 1 aromatic carbocycles. The predicted molar refractivity (Wildman–Crippen MR) is 83.2 cm³/mol. The van der Waals surface area contributed by atoms with Crippen molar-refractivity contribution in [2.24, 2.45) is 0 Å². The van der Waals surface area contributed by atoms with E-state index in [-0.39, 0.29) is 11.9 Å². The molecule has 2 aliphatic rings. The Bertz CT molecular complexity index is 372. The summed E-state index contributed by atoms with van der Waals surface area (Å²) in [5.41, 5.74) is 4.06. The fraction of sp³-hybridized carbons (Fsp3) is 0.529. The van der Waals surface area contributed by atoms with E-state index >= 15 is 0 Å². The molecule has 0 amide bonds. The molecule has 0 unspecified atom stereocenters. The Labute approximate surface area is 127 Å². The fourth-order valence-electron chi connectivity index (χ4n) is 1.57. The molecule has 118 valence electrons. The number of hydrogen-bond acceptors (Lipinski definition) is 4. The van der Waals surface area contributed by atoms with Crippen molar-refractivity contribution in [3.63, 3.8) is 0 Å². The first-order valence-corrected chi connectivity index (χ1v) is 7.33. The molecule has 0 saturated carbocycles. The number of hydrogen-bond donors (Lipinski definition) is 0. The Hall–Kier alpha value is -1.84. The number of cyclic esters (lactones) is 2. The number of esters is 2. The average molecular weight is 294 g/mol. The monoisotopic (exact) mass is 294 g/mol. The largest absolute Gasteiger partial charge is 0.465 e. The lowest BCUT2D eigenvalue weighted by molar-refractivity contribution is -0.158. The summed E-state index contributed by atoms with van der Waals surface area (Å²) in [4.78, 5) is 19.4. The Kier molecular flexibility index (Phi) is 9.94. The standard InChI is InChI=1S/C9H12.2C3H4O2.C2H6/c1-7-4-8(2)6-9(3)5-7;2*4-3-1-2-5-3;1-2/h4-6H,1-3H3;2*1-2H2;1-2H3. The second kappa shape index (κ2) is 10.9. The van der Waals surface area contributed by atoms with Gasteiger partial charge in [-0.25, -0.2) is 0 Å². The fourth-order valence-corrected chi connectivity index (χ4v) is 1.57. The van der Waals surface area contributed by atoms with Crippen LogP contribution < -0.4 is 0 Å². The van der Waals surface area contributed by atoms with Gasteiger partial charge < -0.3 is 9.47 Å². The van der Waals surface area contributed by atoms with Crippen LogP contribution in [-0.2, 0) is 19.1 Å². The van der Waals surface area contributed by atoms with Crippen molar-refractivity contribution in [1.29, 1.82) is 0 Å². The van der Waals surface area contributed by atoms with Gasteiger partial charge in [-0.3, -0.25) is 9.59 Å². The third kappa shape index (κ3) is 9.66. The Balaban J connectivity index is 0.000000286. The molecule has 2 aliphatic heterocycles. The first-order chi connectivity index (χ1) is 9.97. The van der Waals surface area contributed by atoms with E-state index in [1.165, 1.54) is 16.7 Å². The summed E-state index contributed by atoms with van der Waals surface area (Å²) in [5.74, 6) is -0.130. The zero-order chi connectivity index (χ0) is 16.3. The van der Waals surface area contributed by atoms with Gasteiger partial charge in [0.1, 0.15) is 13.2 Å². The molecule has 4 nitrogen and oxygen atoms in total. The van der Waals surface area contributed by atoms with Crippen molar-refractivity contribution < 1.29 is 19.1 Å². The minimum absolute atomic E-state index is 0.0648. The van der Waals surface area contributed by atoms with Crippen LogP contribution in [0.4, 0.5) is 0 Å². The second-order valence-electron chi connectivity index (χ2n) is 4.61. The van der Waals surface area contributed by atoms with Gasteiger partial charge in [-0.05, 0) is 20.8 Å². The lowest BCUT2D eigenvalue weighted by atomic mass is 10.1. The van der Waals surface area contributed by atoms with Gasteiger partial charge in [-0.1, -0.05) is 48.7 Å². The molecular formula is C17H26O4. The van der Waals surface area contributed by atoms with E-state index < -0.39 is 0 Å². The van der Waals surface area contributed by atoms with Crippen LogP contribution in [0.5, 0.6) is 0 Å². The van der Waals surface area contributed by atoms with Crippen LogP contribution in [-0.4, -0.2) is 25.2 Å². The Morgan fingerprint density at radius 3 is 1.00 bits per heavy atom.